The van der Waals surface area contributed by atoms with E-state index >= 15 is 0 Å². The van der Waals surface area contributed by atoms with E-state index in [9.17, 15) is 4.79 Å². The molecule has 0 fully saturated rings. The summed E-state index contributed by atoms with van der Waals surface area (Å²) in [5.74, 6) is 0.569. The second kappa shape index (κ2) is 8.54. The number of nitrogens with zero attached hydrogens (tertiary/aromatic N) is 1. The highest BCUT2D eigenvalue weighted by Gasteiger charge is 2.07. The lowest BCUT2D eigenvalue weighted by Gasteiger charge is -2.03. The first-order valence-corrected chi connectivity index (χ1v) is 7.83. The normalized spacial score (nSPS) is 11.2. The van der Waals surface area contributed by atoms with E-state index in [4.69, 9.17) is 4.74 Å². The van der Waals surface area contributed by atoms with E-state index in [1.807, 2.05) is 60.7 Å². The van der Waals surface area contributed by atoms with Gasteiger partial charge in [-0.1, -0.05) is 73.3 Å². The fraction of sp³-hybridized carbons (Fsp3) is 0.125. The quantitative estimate of drug-likeness (QED) is 0.389. The summed E-state index contributed by atoms with van der Waals surface area (Å²) >= 11 is 5.16. The molecule has 0 N–H and O–H groups in total. The summed E-state index contributed by atoms with van der Waals surface area (Å²) < 4.78 is 5.03. The third-order valence-electron chi connectivity index (χ3n) is 2.61. The Morgan fingerprint density at radius 2 is 1.57 bits per heavy atom. The van der Waals surface area contributed by atoms with Gasteiger partial charge in [-0.3, -0.25) is 0 Å². The van der Waals surface area contributed by atoms with Crippen molar-refractivity contribution in [3.8, 4) is 0 Å². The topological polar surface area (TPSA) is 38.7 Å². The summed E-state index contributed by atoms with van der Waals surface area (Å²) in [5, 5.41) is -0.315. The number of hydrogen-bond donors (Lipinski definition) is 1. The Hall–Kier alpha value is -1.72. The fourth-order valence-corrected chi connectivity index (χ4v) is 2.43. The number of hydrogen-bond acceptors (Lipinski definition) is 4. The van der Waals surface area contributed by atoms with E-state index in [0.717, 1.165) is 22.9 Å². The number of rotatable bonds is 4. The molecule has 3 nitrogen and oxygen atoms in total. The Morgan fingerprint density at radius 1 is 1.00 bits per heavy atom. The number of ether oxygens (including phenoxy) is 1. The number of aliphatic imine (C=N–C) groups is 1. The maximum Gasteiger partial charge on any atom is 0.374 e. The van der Waals surface area contributed by atoms with Gasteiger partial charge in [0.1, 0.15) is 0 Å². The van der Waals surface area contributed by atoms with Gasteiger partial charge in [0.15, 0.2) is 0 Å². The second-order valence-corrected chi connectivity index (χ2v) is 5.50. The van der Waals surface area contributed by atoms with Crippen LogP contribution in [0.5, 0.6) is 0 Å². The molecule has 0 bridgehead atoms. The third kappa shape index (κ3) is 6.06. The van der Waals surface area contributed by atoms with Crippen molar-refractivity contribution < 1.29 is 9.53 Å². The largest absolute Gasteiger partial charge is 0.394 e. The Morgan fingerprint density at radius 3 is 2.19 bits per heavy atom. The molecule has 5 heteroatoms. The molecule has 0 saturated carbocycles. The second-order valence-electron chi connectivity index (χ2n) is 4.21. The van der Waals surface area contributed by atoms with Crippen molar-refractivity contribution in [2.75, 3.05) is 0 Å². The minimum absolute atomic E-state index is 0.0874. The molecular weight excluding hydrogens is 302 g/mol. The Bertz CT molecular complexity index is 600. The highest BCUT2D eigenvalue weighted by molar-refractivity contribution is 8.12. The van der Waals surface area contributed by atoms with Gasteiger partial charge in [0.25, 0.3) is 5.23 Å². The highest BCUT2D eigenvalue weighted by Crippen LogP contribution is 2.15. The van der Waals surface area contributed by atoms with Crippen LogP contribution in [-0.4, -0.2) is 10.5 Å². The van der Waals surface area contributed by atoms with E-state index in [2.05, 4.69) is 17.6 Å². The molecule has 0 aliphatic rings. The van der Waals surface area contributed by atoms with Crippen molar-refractivity contribution in [2.24, 2.45) is 4.99 Å². The van der Waals surface area contributed by atoms with Gasteiger partial charge in [0, 0.05) is 5.75 Å². The molecule has 0 aromatic heterocycles. The molecule has 21 heavy (non-hydrogen) atoms. The zero-order valence-corrected chi connectivity index (χ0v) is 13.0. The zero-order chi connectivity index (χ0) is 14.9. The Labute approximate surface area is 133 Å². The number of carbonyl (C=O) groups is 1. The highest BCUT2D eigenvalue weighted by atomic mass is 32.2. The van der Waals surface area contributed by atoms with Crippen LogP contribution >= 0.6 is 24.4 Å². The van der Waals surface area contributed by atoms with Gasteiger partial charge in [-0.15, -0.1) is 0 Å². The molecule has 0 atom stereocenters. The first-order chi connectivity index (χ1) is 10.2. The van der Waals surface area contributed by atoms with E-state index in [1.54, 1.807) is 0 Å². The van der Waals surface area contributed by atoms with Crippen molar-refractivity contribution in [3.63, 3.8) is 0 Å². The molecule has 108 valence electrons. The molecule has 0 amide bonds. The molecule has 0 saturated heterocycles. The van der Waals surface area contributed by atoms with Crippen molar-refractivity contribution >= 4 is 34.9 Å². The van der Waals surface area contributed by atoms with Gasteiger partial charge in [-0.05, 0) is 22.9 Å². The molecule has 0 aliphatic carbocycles. The van der Waals surface area contributed by atoms with Crippen molar-refractivity contribution in [1.29, 1.82) is 0 Å². The maximum atomic E-state index is 11.6. The van der Waals surface area contributed by atoms with Gasteiger partial charge in [0.2, 0.25) is 0 Å². The summed E-state index contributed by atoms with van der Waals surface area (Å²) in [7, 11) is 0. The predicted octanol–water partition coefficient (Wildman–Crippen LogP) is 4.54. The van der Waals surface area contributed by atoms with E-state index in [-0.39, 0.29) is 5.23 Å². The van der Waals surface area contributed by atoms with Crippen LogP contribution in [0.25, 0.3) is 0 Å². The standard InChI is InChI=1S/C16H15NO2S2/c18-16(21-12-14-9-5-2-6-10-14)19-15(20)17-11-13-7-3-1-4-8-13/h1-10H,11-12H2,(H,17,20). The van der Waals surface area contributed by atoms with Crippen LogP contribution < -0.4 is 0 Å². The molecule has 2 aromatic rings. The molecule has 0 heterocycles. The average Bonchev–Trinajstić information content (AvgIpc) is 2.53. The van der Waals surface area contributed by atoms with Crippen LogP contribution in [0, 0.1) is 0 Å². The lowest BCUT2D eigenvalue weighted by atomic mass is 10.2. The third-order valence-corrected chi connectivity index (χ3v) is 3.64. The first-order valence-electron chi connectivity index (χ1n) is 6.40. The average molecular weight is 317 g/mol. The molecule has 0 spiro atoms. The molecule has 0 radical (unpaired) electrons. The van der Waals surface area contributed by atoms with Crippen LogP contribution in [-0.2, 0) is 17.0 Å². The molecular formula is C16H15NO2S2. The lowest BCUT2D eigenvalue weighted by molar-refractivity contribution is 0.226. The first kappa shape index (κ1) is 15.7. The lowest BCUT2D eigenvalue weighted by Crippen LogP contribution is -2.03. The fourth-order valence-electron chi connectivity index (χ4n) is 1.60. The van der Waals surface area contributed by atoms with Gasteiger partial charge in [-0.2, -0.15) is 0 Å². The number of thiol groups is 1. The molecule has 2 rings (SSSR count). The van der Waals surface area contributed by atoms with Crippen LogP contribution in [0.1, 0.15) is 11.1 Å². The molecule has 0 unspecified atom stereocenters. The maximum absolute atomic E-state index is 11.6. The molecule has 0 aliphatic heterocycles. The smallest absolute Gasteiger partial charge is 0.374 e. The van der Waals surface area contributed by atoms with E-state index < -0.39 is 5.30 Å². The van der Waals surface area contributed by atoms with Gasteiger partial charge in [0.05, 0.1) is 6.54 Å². The van der Waals surface area contributed by atoms with Crippen LogP contribution in [0.3, 0.4) is 0 Å². The summed E-state index contributed by atoms with van der Waals surface area (Å²) in [6, 6.07) is 19.5. The van der Waals surface area contributed by atoms with Crippen LogP contribution in [0.4, 0.5) is 4.79 Å². The summed E-state index contributed by atoms with van der Waals surface area (Å²) in [6.07, 6.45) is 0. The van der Waals surface area contributed by atoms with Crippen LogP contribution in [0.2, 0.25) is 0 Å². The van der Waals surface area contributed by atoms with Crippen LogP contribution in [0.15, 0.2) is 65.7 Å². The van der Waals surface area contributed by atoms with Crippen molar-refractivity contribution in [2.45, 2.75) is 12.3 Å². The molecule has 2 aromatic carbocycles. The van der Waals surface area contributed by atoms with Gasteiger partial charge >= 0.3 is 5.30 Å². The zero-order valence-electron chi connectivity index (χ0n) is 11.3. The predicted molar refractivity (Wildman–Crippen MR) is 90.8 cm³/mol. The Kier molecular flexibility index (Phi) is 6.37. The summed E-state index contributed by atoms with van der Waals surface area (Å²) in [5.41, 5.74) is 2.11. The SMILES string of the molecule is O=C(O/C(S)=N/Cc1ccccc1)SCc1ccccc1. The van der Waals surface area contributed by atoms with Crippen molar-refractivity contribution in [1.82, 2.24) is 0 Å². The minimum Gasteiger partial charge on any atom is -0.394 e. The monoisotopic (exact) mass is 317 g/mol. The van der Waals surface area contributed by atoms with E-state index in [0.29, 0.717) is 12.3 Å². The number of benzene rings is 2. The minimum atomic E-state index is -0.402. The number of carbonyl (C=O) groups excluding carboxylic acids is 1. The number of thioether (sulfide) groups is 1. The Balaban J connectivity index is 1.76. The summed E-state index contributed by atoms with van der Waals surface area (Å²) in [4.78, 5) is 15.8. The van der Waals surface area contributed by atoms with Gasteiger partial charge in [-0.25, -0.2) is 9.79 Å². The summed E-state index contributed by atoms with van der Waals surface area (Å²) in [6.45, 7) is 0.441. The van der Waals surface area contributed by atoms with E-state index in [1.165, 1.54) is 0 Å². The van der Waals surface area contributed by atoms with Crippen molar-refractivity contribution in [3.05, 3.63) is 71.8 Å². The van der Waals surface area contributed by atoms with Gasteiger partial charge < -0.3 is 4.74 Å².